The summed E-state index contributed by atoms with van der Waals surface area (Å²) >= 11 is 7.89. The predicted molar refractivity (Wildman–Crippen MR) is 148 cm³/mol. The largest absolute Gasteiger partial charge is 0.459 e. The number of anilines is 1. The number of rotatable bonds is 7. The number of aryl methyl sites for hydroxylation is 1. The minimum Gasteiger partial charge on any atom is -0.459 e. The Morgan fingerprint density at radius 3 is 2.44 bits per heavy atom. The quantitative estimate of drug-likeness (QED) is 0.270. The molecule has 1 aliphatic rings. The molecule has 1 saturated heterocycles. The lowest BCUT2D eigenvalue weighted by Crippen LogP contribution is -2.38. The normalized spacial score (nSPS) is 15.6. The van der Waals surface area contributed by atoms with Crippen molar-refractivity contribution in [3.05, 3.63) is 111 Å². The molecule has 1 aliphatic heterocycles. The SMILES string of the molecule is Cc1sc(NC(=O)c2ccco2)c(C(c2ccc(Cl)cc2)N2CCC(Cc3ccccc3)CC2)c1C. The number of hydrogen-bond donors (Lipinski definition) is 1. The van der Waals surface area contributed by atoms with Crippen molar-refractivity contribution in [3.63, 3.8) is 0 Å². The van der Waals surface area contributed by atoms with Crippen LogP contribution in [0, 0.1) is 19.8 Å². The second kappa shape index (κ2) is 11.0. The molecular weight excluding hydrogens is 488 g/mol. The number of nitrogens with one attached hydrogen (secondary N) is 1. The van der Waals surface area contributed by atoms with Crippen LogP contribution < -0.4 is 5.32 Å². The minimum absolute atomic E-state index is 0.0387. The summed E-state index contributed by atoms with van der Waals surface area (Å²) in [5.41, 5.74) is 5.00. The highest BCUT2D eigenvalue weighted by atomic mass is 35.5. The van der Waals surface area contributed by atoms with Gasteiger partial charge in [0.1, 0.15) is 5.00 Å². The average molecular weight is 519 g/mol. The average Bonchev–Trinajstić information content (AvgIpc) is 3.52. The zero-order valence-electron chi connectivity index (χ0n) is 20.7. The van der Waals surface area contributed by atoms with Gasteiger partial charge < -0.3 is 9.73 Å². The van der Waals surface area contributed by atoms with Gasteiger partial charge in [-0.3, -0.25) is 9.69 Å². The number of nitrogens with zero attached hydrogens (tertiary/aromatic N) is 1. The smallest absolute Gasteiger partial charge is 0.291 e. The summed E-state index contributed by atoms with van der Waals surface area (Å²) in [5.74, 6) is 0.770. The van der Waals surface area contributed by atoms with Crippen LogP contribution in [0.1, 0.15) is 56.6 Å². The van der Waals surface area contributed by atoms with E-state index in [2.05, 4.69) is 66.5 Å². The standard InChI is InChI=1S/C30H31ClN2O2S/c1-20-21(2)36-30(32-29(34)26-9-6-18-35-26)27(20)28(24-10-12-25(31)13-11-24)33-16-14-23(15-17-33)19-22-7-4-3-5-8-22/h3-13,18,23,28H,14-17,19H2,1-2H3,(H,32,34). The highest BCUT2D eigenvalue weighted by molar-refractivity contribution is 7.16. The van der Waals surface area contributed by atoms with Gasteiger partial charge in [0, 0.05) is 15.5 Å². The lowest BCUT2D eigenvalue weighted by molar-refractivity contribution is 0.0996. The molecule has 2 aromatic carbocycles. The van der Waals surface area contributed by atoms with Crippen molar-refractivity contribution in [1.29, 1.82) is 0 Å². The van der Waals surface area contributed by atoms with E-state index < -0.39 is 0 Å². The Morgan fingerprint density at radius 2 is 1.78 bits per heavy atom. The molecule has 2 aromatic heterocycles. The highest BCUT2D eigenvalue weighted by Crippen LogP contribution is 2.43. The van der Waals surface area contributed by atoms with E-state index in [0.29, 0.717) is 11.7 Å². The zero-order valence-corrected chi connectivity index (χ0v) is 22.2. The molecule has 36 heavy (non-hydrogen) atoms. The van der Waals surface area contributed by atoms with Gasteiger partial charge in [-0.1, -0.05) is 54.1 Å². The molecule has 1 unspecified atom stereocenters. The fraction of sp³-hybridized carbons (Fsp3) is 0.300. The molecule has 0 bridgehead atoms. The number of amides is 1. The molecular formula is C30H31ClN2O2S. The Labute approximate surface area is 221 Å². The Kier molecular flexibility index (Phi) is 7.61. The van der Waals surface area contributed by atoms with Crippen molar-refractivity contribution < 1.29 is 9.21 Å². The van der Waals surface area contributed by atoms with E-state index in [1.165, 1.54) is 33.4 Å². The fourth-order valence-corrected chi connectivity index (χ4v) is 6.42. The van der Waals surface area contributed by atoms with Gasteiger partial charge in [-0.2, -0.15) is 0 Å². The maximum absolute atomic E-state index is 12.9. The molecule has 0 saturated carbocycles. The first kappa shape index (κ1) is 24.8. The molecule has 186 valence electrons. The Bertz CT molecular complexity index is 1290. The molecule has 6 heteroatoms. The molecule has 0 aliphatic carbocycles. The van der Waals surface area contributed by atoms with E-state index in [0.717, 1.165) is 42.4 Å². The van der Waals surface area contributed by atoms with E-state index in [4.69, 9.17) is 16.0 Å². The molecule has 0 radical (unpaired) electrons. The zero-order chi connectivity index (χ0) is 25.1. The van der Waals surface area contributed by atoms with Gasteiger partial charge in [0.2, 0.25) is 0 Å². The molecule has 1 N–H and O–H groups in total. The summed E-state index contributed by atoms with van der Waals surface area (Å²) in [6, 6.07) is 22.4. The van der Waals surface area contributed by atoms with Gasteiger partial charge in [0.25, 0.3) is 5.91 Å². The highest BCUT2D eigenvalue weighted by Gasteiger charge is 2.32. The van der Waals surface area contributed by atoms with Crippen molar-refractivity contribution in [2.45, 2.75) is 39.2 Å². The van der Waals surface area contributed by atoms with Crippen LogP contribution in [-0.4, -0.2) is 23.9 Å². The van der Waals surface area contributed by atoms with Crippen LogP contribution in [0.25, 0.3) is 0 Å². The molecule has 4 nitrogen and oxygen atoms in total. The Balaban J connectivity index is 1.44. The van der Waals surface area contributed by atoms with Crippen LogP contribution >= 0.6 is 22.9 Å². The van der Waals surface area contributed by atoms with Crippen molar-refractivity contribution >= 4 is 33.8 Å². The topological polar surface area (TPSA) is 45.5 Å². The molecule has 0 spiro atoms. The third-order valence-electron chi connectivity index (χ3n) is 7.24. The van der Waals surface area contributed by atoms with Crippen LogP contribution in [0.4, 0.5) is 5.00 Å². The van der Waals surface area contributed by atoms with Crippen molar-refractivity contribution in [2.75, 3.05) is 18.4 Å². The van der Waals surface area contributed by atoms with Gasteiger partial charge in [0.05, 0.1) is 12.3 Å². The summed E-state index contributed by atoms with van der Waals surface area (Å²) in [6.45, 7) is 6.29. The molecule has 1 amide bonds. The second-order valence-corrected chi connectivity index (χ2v) is 11.2. The first-order valence-corrected chi connectivity index (χ1v) is 13.7. The summed E-state index contributed by atoms with van der Waals surface area (Å²) < 4.78 is 5.35. The summed E-state index contributed by atoms with van der Waals surface area (Å²) in [6.07, 6.45) is 4.95. The van der Waals surface area contributed by atoms with Gasteiger partial charge in [0.15, 0.2) is 5.76 Å². The predicted octanol–water partition coefficient (Wildman–Crippen LogP) is 7.91. The number of carbonyl (C=O) groups is 1. The molecule has 3 heterocycles. The maximum atomic E-state index is 12.9. The Hall–Kier alpha value is -2.86. The maximum Gasteiger partial charge on any atom is 0.291 e. The van der Waals surface area contributed by atoms with E-state index >= 15 is 0 Å². The second-order valence-electron chi connectivity index (χ2n) is 9.58. The number of likely N-dealkylation sites (tertiary alicyclic amines) is 1. The molecule has 1 atom stereocenters. The summed E-state index contributed by atoms with van der Waals surface area (Å²) in [4.78, 5) is 16.7. The number of hydrogen-bond acceptors (Lipinski definition) is 4. The van der Waals surface area contributed by atoms with Crippen LogP contribution in [0.3, 0.4) is 0 Å². The number of benzene rings is 2. The lowest BCUT2D eigenvalue weighted by atomic mass is 9.87. The van der Waals surface area contributed by atoms with E-state index in [9.17, 15) is 4.79 Å². The molecule has 5 rings (SSSR count). The van der Waals surface area contributed by atoms with Crippen molar-refractivity contribution in [2.24, 2.45) is 5.92 Å². The number of thiophene rings is 1. The third-order valence-corrected chi connectivity index (χ3v) is 8.64. The van der Waals surface area contributed by atoms with Gasteiger partial charge in [-0.05, 0) is 93.1 Å². The minimum atomic E-state index is -0.223. The number of furan rings is 1. The van der Waals surface area contributed by atoms with E-state index in [1.807, 2.05) is 12.1 Å². The number of halogens is 1. The van der Waals surface area contributed by atoms with Crippen molar-refractivity contribution in [3.8, 4) is 0 Å². The summed E-state index contributed by atoms with van der Waals surface area (Å²) in [7, 11) is 0. The van der Waals surface area contributed by atoms with Gasteiger partial charge >= 0.3 is 0 Å². The van der Waals surface area contributed by atoms with E-state index in [-0.39, 0.29) is 11.9 Å². The lowest BCUT2D eigenvalue weighted by Gasteiger charge is -2.38. The fourth-order valence-electron chi connectivity index (χ4n) is 5.21. The number of piperidine rings is 1. The van der Waals surface area contributed by atoms with Crippen LogP contribution in [0.2, 0.25) is 5.02 Å². The monoisotopic (exact) mass is 518 g/mol. The van der Waals surface area contributed by atoms with Gasteiger partial charge in [-0.25, -0.2) is 0 Å². The first-order chi connectivity index (χ1) is 17.5. The van der Waals surface area contributed by atoms with Crippen LogP contribution in [-0.2, 0) is 6.42 Å². The Morgan fingerprint density at radius 1 is 1.06 bits per heavy atom. The van der Waals surface area contributed by atoms with Gasteiger partial charge in [-0.15, -0.1) is 11.3 Å². The third kappa shape index (κ3) is 5.44. The molecule has 4 aromatic rings. The van der Waals surface area contributed by atoms with Crippen LogP contribution in [0.5, 0.6) is 0 Å². The van der Waals surface area contributed by atoms with Crippen molar-refractivity contribution in [1.82, 2.24) is 4.90 Å². The van der Waals surface area contributed by atoms with Crippen LogP contribution in [0.15, 0.2) is 77.4 Å². The number of carbonyl (C=O) groups excluding carboxylic acids is 1. The molecule has 1 fully saturated rings. The summed E-state index contributed by atoms with van der Waals surface area (Å²) in [5, 5.41) is 4.76. The van der Waals surface area contributed by atoms with E-state index in [1.54, 1.807) is 23.5 Å². The first-order valence-electron chi connectivity index (χ1n) is 12.5.